The smallest absolute Gasteiger partial charge is 0.279 e. The molecule has 9 nitrogen and oxygen atoms in total. The quantitative estimate of drug-likeness (QED) is 0.403. The van der Waals surface area contributed by atoms with Crippen LogP contribution in [0.15, 0.2) is 88.4 Å². The summed E-state index contributed by atoms with van der Waals surface area (Å²) >= 11 is 0. The van der Waals surface area contributed by atoms with Crippen molar-refractivity contribution < 1.29 is 9.32 Å². The summed E-state index contributed by atoms with van der Waals surface area (Å²) in [5.74, 6) is 0.175. The van der Waals surface area contributed by atoms with Crippen molar-refractivity contribution in [3.63, 3.8) is 0 Å². The zero-order valence-corrected chi connectivity index (χ0v) is 19.1. The predicted molar refractivity (Wildman–Crippen MR) is 130 cm³/mol. The monoisotopic (exact) mass is 466 g/mol. The number of carbonyl (C=O) groups is 1. The molecule has 3 heterocycles. The molecule has 2 aromatic carbocycles. The van der Waals surface area contributed by atoms with Crippen molar-refractivity contribution in [2.24, 2.45) is 5.92 Å². The van der Waals surface area contributed by atoms with E-state index in [-0.39, 0.29) is 23.1 Å². The van der Waals surface area contributed by atoms with Gasteiger partial charge in [0.1, 0.15) is 6.04 Å². The molecule has 0 aliphatic rings. The van der Waals surface area contributed by atoms with Crippen LogP contribution in [0.2, 0.25) is 0 Å². The van der Waals surface area contributed by atoms with Crippen LogP contribution in [0.4, 0.5) is 0 Å². The molecular weight excluding hydrogens is 444 g/mol. The van der Waals surface area contributed by atoms with Crippen LogP contribution in [0.5, 0.6) is 0 Å². The van der Waals surface area contributed by atoms with Gasteiger partial charge in [0.25, 0.3) is 11.5 Å². The van der Waals surface area contributed by atoms with Crippen molar-refractivity contribution in [1.82, 2.24) is 30.2 Å². The molecule has 0 saturated heterocycles. The number of hydrogen-bond acceptors (Lipinski definition) is 7. The number of pyridine rings is 1. The summed E-state index contributed by atoms with van der Waals surface area (Å²) in [5, 5.41) is 12.3. The average molecular weight is 467 g/mol. The van der Waals surface area contributed by atoms with Crippen molar-refractivity contribution in [2.45, 2.75) is 19.9 Å². The molecule has 1 N–H and O–H groups in total. The van der Waals surface area contributed by atoms with Crippen molar-refractivity contribution in [3.8, 4) is 17.1 Å². The Morgan fingerprint density at radius 3 is 2.34 bits per heavy atom. The van der Waals surface area contributed by atoms with Gasteiger partial charge in [-0.2, -0.15) is 14.8 Å². The summed E-state index contributed by atoms with van der Waals surface area (Å²) in [6.45, 7) is 3.88. The average Bonchev–Trinajstić information content (AvgIpc) is 3.38. The molecule has 0 fully saturated rings. The lowest BCUT2D eigenvalue weighted by Crippen LogP contribution is -2.34. The first-order valence-corrected chi connectivity index (χ1v) is 11.2. The van der Waals surface area contributed by atoms with Crippen LogP contribution in [0, 0.1) is 5.92 Å². The molecule has 1 amide bonds. The Balaban J connectivity index is 1.54. The minimum absolute atomic E-state index is 0.0593. The van der Waals surface area contributed by atoms with Crippen LogP contribution >= 0.6 is 0 Å². The highest BCUT2D eigenvalue weighted by Crippen LogP contribution is 2.24. The van der Waals surface area contributed by atoms with Crippen molar-refractivity contribution in [1.29, 1.82) is 0 Å². The maximum atomic E-state index is 13.5. The number of fused-ring (bicyclic) bond motifs is 1. The third-order valence-corrected chi connectivity index (χ3v) is 5.62. The van der Waals surface area contributed by atoms with Crippen LogP contribution in [0.3, 0.4) is 0 Å². The van der Waals surface area contributed by atoms with Gasteiger partial charge in [-0.25, -0.2) is 0 Å². The number of carbonyl (C=O) groups excluding carboxylic acids is 1. The third-order valence-electron chi connectivity index (χ3n) is 5.62. The van der Waals surface area contributed by atoms with E-state index in [1.807, 2.05) is 32.0 Å². The Kier molecular flexibility index (Phi) is 5.88. The van der Waals surface area contributed by atoms with E-state index in [1.54, 1.807) is 60.9 Å². The molecular formula is C26H22N6O3. The minimum Gasteiger partial charge on any atom is -0.339 e. The van der Waals surface area contributed by atoms with E-state index in [1.165, 1.54) is 4.68 Å². The van der Waals surface area contributed by atoms with E-state index in [2.05, 4.69) is 25.5 Å². The van der Waals surface area contributed by atoms with E-state index in [0.717, 1.165) is 5.56 Å². The van der Waals surface area contributed by atoms with Gasteiger partial charge in [-0.3, -0.25) is 14.6 Å². The molecule has 174 valence electrons. The Morgan fingerprint density at radius 2 is 1.63 bits per heavy atom. The molecule has 0 aliphatic heterocycles. The molecule has 0 bridgehead atoms. The number of nitrogens with one attached hydrogen (secondary N) is 1. The minimum atomic E-state index is -0.566. The van der Waals surface area contributed by atoms with Gasteiger partial charge in [0.05, 0.1) is 11.1 Å². The van der Waals surface area contributed by atoms with Crippen LogP contribution in [-0.4, -0.2) is 30.8 Å². The standard InChI is InChI=1S/C26H22N6O3/c1-16(2)21(25-29-23(31-35-25)17-12-14-27-15-13-17)28-24(33)22-19-10-6-7-11-20(19)26(34)32(30-22)18-8-4-3-5-9-18/h3-16,21H,1-2H3,(H,28,33). The topological polar surface area (TPSA) is 116 Å². The fourth-order valence-electron chi connectivity index (χ4n) is 3.80. The SMILES string of the molecule is CC(C)C(NC(=O)c1nn(-c2ccccc2)c(=O)c2ccccc12)c1nc(-c2ccncc2)no1. The first kappa shape index (κ1) is 22.1. The van der Waals surface area contributed by atoms with Gasteiger partial charge >= 0.3 is 0 Å². The number of nitrogens with zero attached hydrogens (tertiary/aromatic N) is 5. The van der Waals surface area contributed by atoms with Gasteiger partial charge < -0.3 is 9.84 Å². The van der Waals surface area contributed by atoms with Crippen LogP contribution in [0.1, 0.15) is 36.3 Å². The van der Waals surface area contributed by atoms with Crippen molar-refractivity contribution >= 4 is 16.7 Å². The summed E-state index contributed by atoms with van der Waals surface area (Å²) in [6.07, 6.45) is 3.29. The normalized spacial score (nSPS) is 12.1. The first-order valence-electron chi connectivity index (χ1n) is 11.2. The highest BCUT2D eigenvalue weighted by Gasteiger charge is 2.27. The number of hydrogen-bond donors (Lipinski definition) is 1. The number of rotatable bonds is 6. The molecule has 5 rings (SSSR count). The molecule has 5 aromatic rings. The predicted octanol–water partition coefficient (Wildman–Crippen LogP) is 3.96. The van der Waals surface area contributed by atoms with Gasteiger partial charge in [-0.05, 0) is 36.2 Å². The lowest BCUT2D eigenvalue weighted by atomic mass is 10.0. The number of benzene rings is 2. The van der Waals surface area contributed by atoms with Gasteiger partial charge in [-0.15, -0.1) is 0 Å². The maximum absolute atomic E-state index is 13.5. The Bertz CT molecular complexity index is 1540. The molecule has 0 aliphatic carbocycles. The molecule has 0 spiro atoms. The second-order valence-electron chi connectivity index (χ2n) is 8.33. The zero-order valence-electron chi connectivity index (χ0n) is 19.1. The van der Waals surface area contributed by atoms with Crippen LogP contribution in [-0.2, 0) is 0 Å². The maximum Gasteiger partial charge on any atom is 0.279 e. The second-order valence-corrected chi connectivity index (χ2v) is 8.33. The van der Waals surface area contributed by atoms with Crippen LogP contribution in [0.25, 0.3) is 27.8 Å². The fourth-order valence-corrected chi connectivity index (χ4v) is 3.80. The highest BCUT2D eigenvalue weighted by molar-refractivity contribution is 6.05. The number of aromatic nitrogens is 5. The van der Waals surface area contributed by atoms with E-state index in [0.29, 0.717) is 22.3 Å². The summed E-state index contributed by atoms with van der Waals surface area (Å²) in [6, 6.07) is 18.9. The first-order chi connectivity index (χ1) is 17.0. The Hall–Kier alpha value is -4.66. The molecule has 35 heavy (non-hydrogen) atoms. The Morgan fingerprint density at radius 1 is 0.943 bits per heavy atom. The molecule has 9 heteroatoms. The van der Waals surface area contributed by atoms with E-state index < -0.39 is 11.9 Å². The van der Waals surface area contributed by atoms with E-state index >= 15 is 0 Å². The molecule has 1 atom stereocenters. The second kappa shape index (κ2) is 9.30. The van der Waals surface area contributed by atoms with Crippen molar-refractivity contribution in [2.75, 3.05) is 0 Å². The van der Waals surface area contributed by atoms with E-state index in [4.69, 9.17) is 4.52 Å². The molecule has 1 unspecified atom stereocenters. The lowest BCUT2D eigenvalue weighted by molar-refractivity contribution is 0.0909. The van der Waals surface area contributed by atoms with Gasteiger partial charge in [0.2, 0.25) is 11.7 Å². The van der Waals surface area contributed by atoms with E-state index in [9.17, 15) is 9.59 Å². The zero-order chi connectivity index (χ0) is 24.4. The number of para-hydroxylation sites is 1. The molecule has 0 saturated carbocycles. The molecule has 0 radical (unpaired) electrons. The van der Waals surface area contributed by atoms with Crippen molar-refractivity contribution in [3.05, 3.63) is 101 Å². The largest absolute Gasteiger partial charge is 0.339 e. The third kappa shape index (κ3) is 4.31. The lowest BCUT2D eigenvalue weighted by Gasteiger charge is -2.19. The summed E-state index contributed by atoms with van der Waals surface area (Å²) in [4.78, 5) is 35.1. The summed E-state index contributed by atoms with van der Waals surface area (Å²) in [7, 11) is 0. The van der Waals surface area contributed by atoms with Gasteiger partial charge in [-0.1, -0.05) is 55.4 Å². The van der Waals surface area contributed by atoms with Gasteiger partial charge in [0, 0.05) is 23.3 Å². The Labute approximate surface area is 200 Å². The highest BCUT2D eigenvalue weighted by atomic mass is 16.5. The number of amides is 1. The fraction of sp³-hybridized carbons (Fsp3) is 0.154. The van der Waals surface area contributed by atoms with Gasteiger partial charge in [0.15, 0.2) is 5.69 Å². The summed E-state index contributed by atoms with van der Waals surface area (Å²) < 4.78 is 6.75. The molecule has 3 aromatic heterocycles. The van der Waals surface area contributed by atoms with Crippen LogP contribution < -0.4 is 10.9 Å². The summed E-state index contributed by atoms with van der Waals surface area (Å²) in [5.41, 5.74) is 1.15.